The number of rotatable bonds is 2. The van der Waals surface area contributed by atoms with E-state index in [0.717, 1.165) is 16.8 Å². The Morgan fingerprint density at radius 3 is 1.78 bits per heavy atom. The van der Waals surface area contributed by atoms with Crippen molar-refractivity contribution in [2.45, 2.75) is 5.41 Å². The Kier molecular flexibility index (Phi) is 5.38. The molecule has 2 aliphatic carbocycles. The number of fused-ring (bicyclic) bond motifs is 15. The van der Waals surface area contributed by atoms with E-state index >= 15 is 0 Å². The molecular weight excluding hydrogens is 591 g/mol. The summed E-state index contributed by atoms with van der Waals surface area (Å²) in [5.74, 6) is 0. The average molecular weight is 620 g/mol. The predicted molar refractivity (Wildman–Crippen MR) is 204 cm³/mol. The lowest BCUT2D eigenvalue weighted by atomic mass is 9.70. The Balaban J connectivity index is 1.23. The second-order valence-corrected chi connectivity index (χ2v) is 13.4. The van der Waals surface area contributed by atoms with Gasteiger partial charge in [-0.15, -0.1) is 0 Å². The summed E-state index contributed by atoms with van der Waals surface area (Å²) in [6.07, 6.45) is 0. The van der Waals surface area contributed by atoms with Gasteiger partial charge in [-0.25, -0.2) is 4.98 Å². The predicted octanol–water partition coefficient (Wildman–Crippen LogP) is 12.2. The third-order valence-electron chi connectivity index (χ3n) is 11.0. The van der Waals surface area contributed by atoms with Gasteiger partial charge in [-0.05, 0) is 84.6 Å². The van der Waals surface area contributed by atoms with Crippen molar-refractivity contribution in [3.05, 3.63) is 198 Å². The van der Waals surface area contributed by atoms with Crippen LogP contribution >= 0.6 is 0 Å². The van der Waals surface area contributed by atoms with Crippen LogP contribution in [0.2, 0.25) is 0 Å². The number of pyridine rings is 1. The molecule has 0 fully saturated rings. The summed E-state index contributed by atoms with van der Waals surface area (Å²) >= 11 is 0. The molecule has 0 unspecified atom stereocenters. The summed E-state index contributed by atoms with van der Waals surface area (Å²) in [7, 11) is 0. The molecule has 0 saturated carbocycles. The maximum absolute atomic E-state index is 5.40. The molecule has 8 aromatic carbocycles. The van der Waals surface area contributed by atoms with E-state index in [-0.39, 0.29) is 5.41 Å². The SMILES string of the molecule is c1cc(-c2ccc3ccccc3c2)cc(-c2nc3ccccc3c3c4c(ccc23)C2(c3ccccc3-c3ccccc32)c2ccccc2-4)c1. The monoisotopic (exact) mass is 619 g/mol. The zero-order valence-corrected chi connectivity index (χ0v) is 26.7. The molecule has 1 heterocycles. The number of aromatic nitrogens is 1. The second-order valence-electron chi connectivity index (χ2n) is 13.4. The fraction of sp³-hybridized carbons (Fsp3) is 0.0208. The van der Waals surface area contributed by atoms with Gasteiger partial charge in [0.05, 0.1) is 16.6 Å². The topological polar surface area (TPSA) is 12.9 Å². The normalized spacial score (nSPS) is 13.5. The Hall–Kier alpha value is -6.31. The lowest BCUT2D eigenvalue weighted by Crippen LogP contribution is -2.25. The highest BCUT2D eigenvalue weighted by Gasteiger charge is 2.52. The Labute approximate surface area is 284 Å². The molecule has 0 saturated heterocycles. The molecule has 49 heavy (non-hydrogen) atoms. The Bertz CT molecular complexity index is 2790. The number of nitrogens with zero attached hydrogens (tertiary/aromatic N) is 1. The van der Waals surface area contributed by atoms with Crippen LogP contribution in [0.1, 0.15) is 22.3 Å². The molecule has 1 spiro atoms. The molecular formula is C48H29N. The van der Waals surface area contributed by atoms with Crippen LogP contribution in [0.25, 0.3) is 77.1 Å². The maximum Gasteiger partial charge on any atom is 0.0788 e. The summed E-state index contributed by atoms with van der Waals surface area (Å²) in [5.41, 5.74) is 15.9. The Morgan fingerprint density at radius 2 is 0.980 bits per heavy atom. The van der Waals surface area contributed by atoms with E-state index in [1.54, 1.807) is 0 Å². The largest absolute Gasteiger partial charge is 0.247 e. The molecule has 1 nitrogen and oxygen atoms in total. The van der Waals surface area contributed by atoms with Crippen LogP contribution in [0.5, 0.6) is 0 Å². The van der Waals surface area contributed by atoms with Crippen molar-refractivity contribution < 1.29 is 0 Å². The van der Waals surface area contributed by atoms with Crippen LogP contribution in [0, 0.1) is 0 Å². The van der Waals surface area contributed by atoms with Crippen molar-refractivity contribution in [2.24, 2.45) is 0 Å². The van der Waals surface area contributed by atoms with Crippen molar-refractivity contribution >= 4 is 32.4 Å². The first kappa shape index (κ1) is 26.7. The van der Waals surface area contributed by atoms with Gasteiger partial charge in [-0.2, -0.15) is 0 Å². The van der Waals surface area contributed by atoms with Gasteiger partial charge in [-0.1, -0.05) is 158 Å². The zero-order valence-electron chi connectivity index (χ0n) is 26.7. The second kappa shape index (κ2) is 9.86. The van der Waals surface area contributed by atoms with E-state index < -0.39 is 0 Å². The highest BCUT2D eigenvalue weighted by atomic mass is 14.7. The lowest BCUT2D eigenvalue weighted by molar-refractivity contribution is 0.794. The zero-order chi connectivity index (χ0) is 32.1. The average Bonchev–Trinajstić information content (AvgIpc) is 3.65. The maximum atomic E-state index is 5.40. The molecule has 2 aliphatic rings. The lowest BCUT2D eigenvalue weighted by Gasteiger charge is -2.30. The summed E-state index contributed by atoms with van der Waals surface area (Å²) in [6.45, 7) is 0. The third-order valence-corrected chi connectivity index (χ3v) is 11.0. The van der Waals surface area contributed by atoms with Crippen LogP contribution in [-0.4, -0.2) is 4.98 Å². The van der Waals surface area contributed by atoms with Gasteiger partial charge in [0.15, 0.2) is 0 Å². The highest BCUT2D eigenvalue weighted by Crippen LogP contribution is 2.64. The summed E-state index contributed by atoms with van der Waals surface area (Å²) in [5, 5.41) is 6.15. The van der Waals surface area contributed by atoms with Gasteiger partial charge >= 0.3 is 0 Å². The fourth-order valence-corrected chi connectivity index (χ4v) is 9.06. The quantitative estimate of drug-likeness (QED) is 0.175. The minimum absolute atomic E-state index is 0.381. The van der Waals surface area contributed by atoms with Crippen LogP contribution in [0.3, 0.4) is 0 Å². The van der Waals surface area contributed by atoms with Crippen molar-refractivity contribution in [1.82, 2.24) is 4.98 Å². The molecule has 226 valence electrons. The van der Waals surface area contributed by atoms with E-state index in [0.29, 0.717) is 0 Å². The molecule has 1 aromatic heterocycles. The molecule has 0 aliphatic heterocycles. The van der Waals surface area contributed by atoms with Gasteiger partial charge in [-0.3, -0.25) is 0 Å². The van der Waals surface area contributed by atoms with Crippen molar-refractivity contribution in [1.29, 1.82) is 0 Å². The van der Waals surface area contributed by atoms with Crippen molar-refractivity contribution in [3.8, 4) is 44.6 Å². The number of hydrogen-bond donors (Lipinski definition) is 0. The molecule has 1 heteroatoms. The van der Waals surface area contributed by atoms with Gasteiger partial charge < -0.3 is 0 Å². The van der Waals surface area contributed by atoms with Crippen molar-refractivity contribution in [2.75, 3.05) is 0 Å². The summed E-state index contributed by atoms with van der Waals surface area (Å²) in [6, 6.07) is 64.8. The molecule has 0 amide bonds. The van der Waals surface area contributed by atoms with Crippen LogP contribution in [0.15, 0.2) is 176 Å². The summed E-state index contributed by atoms with van der Waals surface area (Å²) < 4.78 is 0. The summed E-state index contributed by atoms with van der Waals surface area (Å²) in [4.78, 5) is 5.40. The Morgan fingerprint density at radius 1 is 0.367 bits per heavy atom. The minimum atomic E-state index is -0.381. The first-order valence-corrected chi connectivity index (χ1v) is 17.1. The van der Waals surface area contributed by atoms with Crippen LogP contribution in [-0.2, 0) is 5.41 Å². The van der Waals surface area contributed by atoms with Crippen LogP contribution < -0.4 is 0 Å². The fourth-order valence-electron chi connectivity index (χ4n) is 9.06. The number of hydrogen-bond acceptors (Lipinski definition) is 1. The molecule has 9 aromatic rings. The molecule has 0 atom stereocenters. The molecule has 0 N–H and O–H groups in total. The van der Waals surface area contributed by atoms with E-state index in [2.05, 4.69) is 176 Å². The van der Waals surface area contributed by atoms with Gasteiger partial charge in [0.2, 0.25) is 0 Å². The van der Waals surface area contributed by atoms with Gasteiger partial charge in [0.25, 0.3) is 0 Å². The van der Waals surface area contributed by atoms with E-state index in [4.69, 9.17) is 4.98 Å². The molecule has 0 radical (unpaired) electrons. The molecule has 11 rings (SSSR count). The van der Waals surface area contributed by atoms with E-state index in [9.17, 15) is 0 Å². The smallest absolute Gasteiger partial charge is 0.0788 e. The van der Waals surface area contributed by atoms with Gasteiger partial charge in [0.1, 0.15) is 0 Å². The van der Waals surface area contributed by atoms with Crippen molar-refractivity contribution in [3.63, 3.8) is 0 Å². The highest BCUT2D eigenvalue weighted by molar-refractivity contribution is 6.20. The minimum Gasteiger partial charge on any atom is -0.247 e. The standard InChI is InChI=1S/C48H29N/c1-2-13-31-28-33(25-24-30(31)12-1)32-14-11-15-34(29-32)47-39-26-27-43-46(45(39)38-19-6-10-23-44(38)49-47)37-18-5-9-22-42(37)48(43)40-20-7-3-16-35(40)36-17-4-8-21-41(36)48/h1-29H. The van der Waals surface area contributed by atoms with E-state index in [1.165, 1.54) is 82.6 Å². The first-order chi connectivity index (χ1) is 24.3. The number of para-hydroxylation sites is 1. The number of benzene rings is 8. The first-order valence-electron chi connectivity index (χ1n) is 17.1. The third kappa shape index (κ3) is 3.51. The van der Waals surface area contributed by atoms with Gasteiger partial charge in [0, 0.05) is 21.7 Å². The molecule has 0 bridgehead atoms. The van der Waals surface area contributed by atoms with Crippen LogP contribution in [0.4, 0.5) is 0 Å². The van der Waals surface area contributed by atoms with E-state index in [1.807, 2.05) is 0 Å².